The average Bonchev–Trinajstić information content (AvgIpc) is 3.16. The molecule has 1 N–H and O–H groups in total. The topological polar surface area (TPSA) is 52.2 Å². The molecule has 0 spiro atoms. The van der Waals surface area contributed by atoms with Crippen molar-refractivity contribution in [3.05, 3.63) is 52.3 Å². The molecule has 2 aliphatic rings. The third kappa shape index (κ3) is 4.23. The van der Waals surface area contributed by atoms with E-state index in [1.807, 2.05) is 0 Å². The molecule has 4 rings (SSSR count). The van der Waals surface area contributed by atoms with Crippen molar-refractivity contribution in [1.29, 1.82) is 0 Å². The number of hydrogen-bond donors (Lipinski definition) is 1. The van der Waals surface area contributed by atoms with E-state index in [1.165, 1.54) is 6.07 Å². The summed E-state index contributed by atoms with van der Waals surface area (Å²) >= 11 is 1.75. The van der Waals surface area contributed by atoms with E-state index in [0.29, 0.717) is 43.7 Å². The molecule has 0 saturated carbocycles. The van der Waals surface area contributed by atoms with Crippen LogP contribution >= 0.6 is 11.9 Å². The minimum absolute atomic E-state index is 0.126. The van der Waals surface area contributed by atoms with Crippen LogP contribution in [0.4, 0.5) is 13.2 Å². The number of hydrogen-bond acceptors (Lipinski definition) is 4. The summed E-state index contributed by atoms with van der Waals surface area (Å²) in [5, 5.41) is 7.30. The Bertz CT molecular complexity index is 906. The number of likely N-dealkylation sites (tertiary alicyclic amines) is 1. The zero-order valence-electron chi connectivity index (χ0n) is 16.8. The van der Waals surface area contributed by atoms with Crippen molar-refractivity contribution in [2.45, 2.75) is 44.8 Å². The second kappa shape index (κ2) is 8.63. The summed E-state index contributed by atoms with van der Waals surface area (Å²) < 4.78 is 42.3. The van der Waals surface area contributed by atoms with Gasteiger partial charge in [0.1, 0.15) is 0 Å². The molecule has 0 bridgehead atoms. The van der Waals surface area contributed by atoms with E-state index in [0.717, 1.165) is 36.0 Å². The first-order chi connectivity index (χ1) is 14.4. The number of alkyl halides is 3. The lowest BCUT2D eigenvalue weighted by Crippen LogP contribution is -2.39. The number of rotatable bonds is 4. The summed E-state index contributed by atoms with van der Waals surface area (Å²) in [5.74, 6) is 0.651. The number of aromatic nitrogens is 2. The standard InChI is InChI=1S/C21H25F3N4OS/c1-2-30-28-12-9-18-16(13-28)19(26-25-18)20(29)27-10-7-14(8-11-27)15-5-3-4-6-17(15)21(22,23)24/h3-6,14H,2,7-13H2,1H3,(H,25,26). The quantitative estimate of drug-likeness (QED) is 0.716. The first kappa shape index (κ1) is 21.2. The number of carbonyl (C=O) groups excluding carboxylic acids is 1. The predicted molar refractivity (Wildman–Crippen MR) is 110 cm³/mol. The van der Waals surface area contributed by atoms with Crippen LogP contribution in [0.2, 0.25) is 0 Å². The summed E-state index contributed by atoms with van der Waals surface area (Å²) in [6.07, 6.45) is -2.49. The van der Waals surface area contributed by atoms with Gasteiger partial charge in [-0.05, 0) is 30.4 Å². The zero-order valence-corrected chi connectivity index (χ0v) is 17.7. The fraction of sp³-hybridized carbons (Fsp3) is 0.524. The van der Waals surface area contributed by atoms with Gasteiger partial charge in [0.25, 0.3) is 5.91 Å². The molecule has 1 fully saturated rings. The lowest BCUT2D eigenvalue weighted by molar-refractivity contribution is -0.138. The fourth-order valence-corrected chi connectivity index (χ4v) is 5.20. The Morgan fingerprint density at radius 1 is 1.23 bits per heavy atom. The second-order valence-corrected chi connectivity index (χ2v) is 9.06. The molecule has 5 nitrogen and oxygen atoms in total. The smallest absolute Gasteiger partial charge is 0.337 e. The Morgan fingerprint density at radius 3 is 2.67 bits per heavy atom. The molecule has 1 aromatic heterocycles. The van der Waals surface area contributed by atoms with Crippen LogP contribution in [-0.2, 0) is 19.1 Å². The predicted octanol–water partition coefficient (Wildman–Crippen LogP) is 4.47. The molecule has 30 heavy (non-hydrogen) atoms. The summed E-state index contributed by atoms with van der Waals surface area (Å²) in [7, 11) is 0. The molecule has 1 amide bonds. The summed E-state index contributed by atoms with van der Waals surface area (Å²) in [6, 6.07) is 5.78. The van der Waals surface area contributed by atoms with Gasteiger partial charge < -0.3 is 4.90 Å². The van der Waals surface area contributed by atoms with Gasteiger partial charge in [-0.15, -0.1) is 0 Å². The summed E-state index contributed by atoms with van der Waals surface area (Å²) in [4.78, 5) is 14.8. The first-order valence-corrected chi connectivity index (χ1v) is 11.2. The summed E-state index contributed by atoms with van der Waals surface area (Å²) in [5.41, 5.74) is 2.20. The van der Waals surface area contributed by atoms with E-state index in [2.05, 4.69) is 21.4 Å². The normalized spacial score (nSPS) is 18.5. The minimum atomic E-state index is -4.36. The maximum atomic E-state index is 13.4. The van der Waals surface area contributed by atoms with E-state index >= 15 is 0 Å². The van der Waals surface area contributed by atoms with Crippen molar-refractivity contribution in [2.75, 3.05) is 25.4 Å². The van der Waals surface area contributed by atoms with Crippen LogP contribution < -0.4 is 0 Å². The number of aromatic amines is 1. The molecule has 1 aromatic carbocycles. The average molecular weight is 439 g/mol. The molecule has 9 heteroatoms. The van der Waals surface area contributed by atoms with Gasteiger partial charge in [0, 0.05) is 49.6 Å². The Hall–Kier alpha value is -2.00. The lowest BCUT2D eigenvalue weighted by Gasteiger charge is -2.33. The van der Waals surface area contributed by atoms with Gasteiger partial charge in [0.15, 0.2) is 5.69 Å². The van der Waals surface area contributed by atoms with Gasteiger partial charge >= 0.3 is 6.18 Å². The van der Waals surface area contributed by atoms with Crippen molar-refractivity contribution in [1.82, 2.24) is 19.4 Å². The Morgan fingerprint density at radius 2 is 1.97 bits per heavy atom. The molecule has 0 atom stereocenters. The molecule has 2 aliphatic heterocycles. The number of benzene rings is 1. The molecular formula is C21H25F3N4OS. The van der Waals surface area contributed by atoms with Crippen molar-refractivity contribution in [3.8, 4) is 0 Å². The highest BCUT2D eigenvalue weighted by Crippen LogP contribution is 2.39. The largest absolute Gasteiger partial charge is 0.416 e. The molecule has 162 valence electrons. The van der Waals surface area contributed by atoms with Crippen LogP contribution in [0.5, 0.6) is 0 Å². The number of amides is 1. The van der Waals surface area contributed by atoms with Crippen molar-refractivity contribution in [3.63, 3.8) is 0 Å². The van der Waals surface area contributed by atoms with Gasteiger partial charge in [0.2, 0.25) is 0 Å². The van der Waals surface area contributed by atoms with E-state index in [1.54, 1.807) is 29.0 Å². The number of piperidine rings is 1. The Balaban J connectivity index is 1.45. The van der Waals surface area contributed by atoms with Crippen molar-refractivity contribution >= 4 is 17.9 Å². The highest BCUT2D eigenvalue weighted by molar-refractivity contribution is 7.96. The van der Waals surface area contributed by atoms with Crippen LogP contribution in [-0.4, -0.2) is 50.7 Å². The van der Waals surface area contributed by atoms with Crippen molar-refractivity contribution in [2.24, 2.45) is 0 Å². The molecule has 2 aromatic rings. The van der Waals surface area contributed by atoms with E-state index in [4.69, 9.17) is 0 Å². The maximum Gasteiger partial charge on any atom is 0.416 e. The van der Waals surface area contributed by atoms with Gasteiger partial charge in [-0.3, -0.25) is 9.89 Å². The molecule has 3 heterocycles. The maximum absolute atomic E-state index is 13.4. The number of fused-ring (bicyclic) bond motifs is 1. The van der Waals surface area contributed by atoms with Crippen molar-refractivity contribution < 1.29 is 18.0 Å². The summed E-state index contributed by atoms with van der Waals surface area (Å²) in [6.45, 7) is 4.57. The molecule has 0 aliphatic carbocycles. The van der Waals surface area contributed by atoms with Crippen LogP contribution in [0.3, 0.4) is 0 Å². The van der Waals surface area contributed by atoms with Gasteiger partial charge in [-0.2, -0.15) is 18.3 Å². The fourth-order valence-electron chi connectivity index (χ4n) is 4.39. The molecule has 0 radical (unpaired) electrons. The van der Waals surface area contributed by atoms with E-state index < -0.39 is 11.7 Å². The molecular weight excluding hydrogens is 413 g/mol. The van der Waals surface area contributed by atoms with Gasteiger partial charge in [-0.25, -0.2) is 4.31 Å². The third-order valence-corrected chi connectivity index (χ3v) is 6.84. The molecule has 1 saturated heterocycles. The minimum Gasteiger partial charge on any atom is -0.337 e. The lowest BCUT2D eigenvalue weighted by atomic mass is 9.86. The third-order valence-electron chi connectivity index (χ3n) is 5.90. The SMILES string of the molecule is CCSN1CCc2[nH]nc(C(=O)N3CCC(c4ccccc4C(F)(F)F)CC3)c2C1. The van der Waals surface area contributed by atoms with Crippen LogP contribution in [0.1, 0.15) is 58.6 Å². The van der Waals surface area contributed by atoms with Crippen LogP contribution in [0.25, 0.3) is 0 Å². The Labute approximate surface area is 178 Å². The number of nitrogens with one attached hydrogen (secondary N) is 1. The van der Waals surface area contributed by atoms with Crippen LogP contribution in [0.15, 0.2) is 24.3 Å². The molecule has 0 unspecified atom stereocenters. The number of halogens is 3. The first-order valence-electron chi connectivity index (χ1n) is 10.3. The van der Waals surface area contributed by atoms with E-state index in [9.17, 15) is 18.0 Å². The van der Waals surface area contributed by atoms with Gasteiger partial charge in [-0.1, -0.05) is 37.1 Å². The number of H-pyrrole nitrogens is 1. The van der Waals surface area contributed by atoms with Crippen LogP contribution in [0, 0.1) is 0 Å². The van der Waals surface area contributed by atoms with E-state index in [-0.39, 0.29) is 11.8 Å². The highest BCUT2D eigenvalue weighted by atomic mass is 32.2. The zero-order chi connectivity index (χ0) is 21.3. The highest BCUT2D eigenvalue weighted by Gasteiger charge is 2.36. The number of carbonyl (C=O) groups is 1. The number of nitrogens with zero attached hydrogens (tertiary/aromatic N) is 3. The second-order valence-electron chi connectivity index (χ2n) is 7.71. The monoisotopic (exact) mass is 438 g/mol. The van der Waals surface area contributed by atoms with Gasteiger partial charge in [0.05, 0.1) is 5.56 Å². The Kier molecular flexibility index (Phi) is 6.11.